The number of nitrogens with two attached hydrogens (primary N) is 1. The van der Waals surface area contributed by atoms with E-state index in [-0.39, 0.29) is 12.1 Å². The standard InChI is InChI=1S/C13H18Cl2N2O/c1-18-13(8-5-6-8)11(17-16)7-9-3-2-4-10(14)12(9)15/h2-4,8,11,13,17H,5-7,16H2,1H3. The number of rotatable bonds is 6. The maximum Gasteiger partial charge on any atom is 0.0769 e. The summed E-state index contributed by atoms with van der Waals surface area (Å²) in [4.78, 5) is 0. The highest BCUT2D eigenvalue weighted by molar-refractivity contribution is 6.42. The maximum absolute atomic E-state index is 6.20. The fourth-order valence-electron chi connectivity index (χ4n) is 2.32. The molecule has 1 fully saturated rings. The van der Waals surface area contributed by atoms with Gasteiger partial charge in [-0.1, -0.05) is 35.3 Å². The van der Waals surface area contributed by atoms with Crippen molar-refractivity contribution in [1.82, 2.24) is 5.43 Å². The Morgan fingerprint density at radius 1 is 1.44 bits per heavy atom. The summed E-state index contributed by atoms with van der Waals surface area (Å²) in [6, 6.07) is 5.71. The SMILES string of the molecule is COC(C1CC1)C(Cc1cccc(Cl)c1Cl)NN. The normalized spacial score (nSPS) is 18.7. The summed E-state index contributed by atoms with van der Waals surface area (Å²) in [7, 11) is 1.73. The molecule has 1 aromatic carbocycles. The van der Waals surface area contributed by atoms with Gasteiger partial charge in [0.1, 0.15) is 0 Å². The van der Waals surface area contributed by atoms with E-state index in [0.29, 0.717) is 22.4 Å². The van der Waals surface area contributed by atoms with Gasteiger partial charge < -0.3 is 4.74 Å². The molecule has 100 valence electrons. The van der Waals surface area contributed by atoms with Crippen LogP contribution in [0.15, 0.2) is 18.2 Å². The van der Waals surface area contributed by atoms with Gasteiger partial charge in [0.25, 0.3) is 0 Å². The molecule has 0 bridgehead atoms. The monoisotopic (exact) mass is 288 g/mol. The average Bonchev–Trinajstić information content (AvgIpc) is 3.18. The minimum atomic E-state index is 0.0541. The van der Waals surface area contributed by atoms with Crippen molar-refractivity contribution in [2.75, 3.05) is 7.11 Å². The highest BCUT2D eigenvalue weighted by atomic mass is 35.5. The van der Waals surface area contributed by atoms with E-state index in [0.717, 1.165) is 5.56 Å². The van der Waals surface area contributed by atoms with Gasteiger partial charge in [-0.25, -0.2) is 0 Å². The highest BCUT2D eigenvalue weighted by Gasteiger charge is 2.36. The Labute approximate surface area is 118 Å². The van der Waals surface area contributed by atoms with Crippen molar-refractivity contribution in [2.24, 2.45) is 11.8 Å². The van der Waals surface area contributed by atoms with Gasteiger partial charge in [-0.05, 0) is 36.8 Å². The molecule has 2 atom stereocenters. The van der Waals surface area contributed by atoms with Crippen LogP contribution in [0.4, 0.5) is 0 Å². The third-order valence-electron chi connectivity index (χ3n) is 3.44. The van der Waals surface area contributed by atoms with E-state index in [4.69, 9.17) is 33.8 Å². The highest BCUT2D eigenvalue weighted by Crippen LogP contribution is 2.36. The fourth-order valence-corrected chi connectivity index (χ4v) is 2.72. The summed E-state index contributed by atoms with van der Waals surface area (Å²) >= 11 is 12.2. The molecule has 0 aromatic heterocycles. The number of nitrogens with one attached hydrogen (secondary N) is 1. The van der Waals surface area contributed by atoms with E-state index in [1.165, 1.54) is 12.8 Å². The predicted octanol–water partition coefficient (Wildman–Crippen LogP) is 2.79. The van der Waals surface area contributed by atoms with Gasteiger partial charge in [0.2, 0.25) is 0 Å². The van der Waals surface area contributed by atoms with Crippen LogP contribution in [0.3, 0.4) is 0 Å². The third-order valence-corrected chi connectivity index (χ3v) is 4.30. The topological polar surface area (TPSA) is 47.3 Å². The van der Waals surface area contributed by atoms with E-state index in [1.54, 1.807) is 13.2 Å². The van der Waals surface area contributed by atoms with Crippen LogP contribution in [0.2, 0.25) is 10.0 Å². The molecule has 0 saturated heterocycles. The minimum absolute atomic E-state index is 0.0541. The second-order valence-corrected chi connectivity index (χ2v) is 5.51. The molecule has 1 aliphatic rings. The number of hydrogen-bond acceptors (Lipinski definition) is 3. The lowest BCUT2D eigenvalue weighted by atomic mass is 9.98. The first-order valence-electron chi connectivity index (χ1n) is 6.09. The molecular formula is C13H18Cl2N2O. The lowest BCUT2D eigenvalue weighted by molar-refractivity contribution is 0.0511. The Hall–Kier alpha value is -0.320. The van der Waals surface area contributed by atoms with E-state index >= 15 is 0 Å². The van der Waals surface area contributed by atoms with Crippen LogP contribution >= 0.6 is 23.2 Å². The molecule has 1 aromatic rings. The number of hydrogen-bond donors (Lipinski definition) is 2. The summed E-state index contributed by atoms with van der Waals surface area (Å²) in [5, 5.41) is 1.18. The number of halogens is 2. The second-order valence-electron chi connectivity index (χ2n) is 4.73. The smallest absolute Gasteiger partial charge is 0.0769 e. The van der Waals surface area contributed by atoms with Crippen molar-refractivity contribution in [3.8, 4) is 0 Å². The molecule has 0 aliphatic heterocycles. The van der Waals surface area contributed by atoms with E-state index < -0.39 is 0 Å². The van der Waals surface area contributed by atoms with Crippen molar-refractivity contribution in [3.05, 3.63) is 33.8 Å². The van der Waals surface area contributed by atoms with Gasteiger partial charge in [-0.2, -0.15) is 0 Å². The van der Waals surface area contributed by atoms with Gasteiger partial charge in [-0.15, -0.1) is 0 Å². The molecule has 0 spiro atoms. The molecule has 0 radical (unpaired) electrons. The minimum Gasteiger partial charge on any atom is -0.379 e. The van der Waals surface area contributed by atoms with E-state index in [9.17, 15) is 0 Å². The zero-order chi connectivity index (χ0) is 13.1. The summed E-state index contributed by atoms with van der Waals surface area (Å²) in [5.41, 5.74) is 3.84. The number of hydrazine groups is 1. The predicted molar refractivity (Wildman–Crippen MR) is 74.8 cm³/mol. The van der Waals surface area contributed by atoms with Gasteiger partial charge in [0.15, 0.2) is 0 Å². The van der Waals surface area contributed by atoms with Crippen molar-refractivity contribution in [1.29, 1.82) is 0 Å². The Balaban J connectivity index is 2.11. The summed E-state index contributed by atoms with van der Waals surface area (Å²) < 4.78 is 5.55. The largest absolute Gasteiger partial charge is 0.379 e. The van der Waals surface area contributed by atoms with Crippen LogP contribution in [-0.2, 0) is 11.2 Å². The fraction of sp³-hybridized carbons (Fsp3) is 0.538. The van der Waals surface area contributed by atoms with Gasteiger partial charge in [0.05, 0.1) is 22.2 Å². The molecule has 2 unspecified atom stereocenters. The molecule has 1 saturated carbocycles. The van der Waals surface area contributed by atoms with Crippen molar-refractivity contribution < 1.29 is 4.74 Å². The van der Waals surface area contributed by atoms with Crippen LogP contribution < -0.4 is 11.3 Å². The summed E-state index contributed by atoms with van der Waals surface area (Å²) in [6.07, 6.45) is 3.26. The lowest BCUT2D eigenvalue weighted by Gasteiger charge is -2.25. The van der Waals surface area contributed by atoms with Crippen molar-refractivity contribution >= 4 is 23.2 Å². The van der Waals surface area contributed by atoms with Crippen LogP contribution in [0.1, 0.15) is 18.4 Å². The first-order chi connectivity index (χ1) is 8.67. The van der Waals surface area contributed by atoms with Gasteiger partial charge in [-0.3, -0.25) is 11.3 Å². The number of methoxy groups -OCH3 is 1. The molecule has 5 heteroatoms. The van der Waals surface area contributed by atoms with E-state index in [2.05, 4.69) is 5.43 Å². The number of benzene rings is 1. The molecule has 2 rings (SSSR count). The quantitative estimate of drug-likeness (QED) is 0.625. The van der Waals surface area contributed by atoms with Crippen molar-refractivity contribution in [2.45, 2.75) is 31.4 Å². The van der Waals surface area contributed by atoms with Crippen molar-refractivity contribution in [3.63, 3.8) is 0 Å². The molecule has 18 heavy (non-hydrogen) atoms. The number of ether oxygens (including phenoxy) is 1. The summed E-state index contributed by atoms with van der Waals surface area (Å²) in [5.74, 6) is 6.25. The molecule has 3 nitrogen and oxygen atoms in total. The maximum atomic E-state index is 6.20. The Morgan fingerprint density at radius 2 is 2.17 bits per heavy atom. The molecule has 0 amide bonds. The molecular weight excluding hydrogens is 271 g/mol. The first kappa shape index (κ1) is 14.1. The molecule has 3 N–H and O–H groups in total. The Kier molecular flexibility index (Phi) is 4.87. The van der Waals surface area contributed by atoms with E-state index in [1.807, 2.05) is 12.1 Å². The van der Waals surface area contributed by atoms with Crippen LogP contribution in [-0.4, -0.2) is 19.3 Å². The zero-order valence-electron chi connectivity index (χ0n) is 10.3. The van der Waals surface area contributed by atoms with Crippen LogP contribution in [0, 0.1) is 5.92 Å². The van der Waals surface area contributed by atoms with Gasteiger partial charge in [0, 0.05) is 7.11 Å². The van der Waals surface area contributed by atoms with Crippen LogP contribution in [0.25, 0.3) is 0 Å². The van der Waals surface area contributed by atoms with Crippen LogP contribution in [0.5, 0.6) is 0 Å². The Morgan fingerprint density at radius 3 is 2.72 bits per heavy atom. The average molecular weight is 289 g/mol. The Bertz CT molecular complexity index is 410. The zero-order valence-corrected chi connectivity index (χ0v) is 11.8. The summed E-state index contributed by atoms with van der Waals surface area (Å²) in [6.45, 7) is 0. The molecule has 1 aliphatic carbocycles. The third kappa shape index (κ3) is 3.16. The second kappa shape index (κ2) is 6.22. The first-order valence-corrected chi connectivity index (χ1v) is 6.84. The van der Waals surface area contributed by atoms with Gasteiger partial charge >= 0.3 is 0 Å². The lowest BCUT2D eigenvalue weighted by Crippen LogP contribution is -2.47. The molecule has 0 heterocycles.